The quantitative estimate of drug-likeness (QED) is 0.487. The minimum absolute atomic E-state index is 0.0664. The Morgan fingerprint density at radius 3 is 2.81 bits per heavy atom. The first kappa shape index (κ1) is 11.7. The third kappa shape index (κ3) is 1.44. The van der Waals surface area contributed by atoms with Crippen molar-refractivity contribution in [3.8, 4) is 5.69 Å². The van der Waals surface area contributed by atoms with Crippen LogP contribution in [0.3, 0.4) is 0 Å². The fourth-order valence-electron chi connectivity index (χ4n) is 2.53. The number of rotatable bonds is 1. The van der Waals surface area contributed by atoms with Gasteiger partial charge in [0.15, 0.2) is 5.82 Å². The second kappa shape index (κ2) is 3.92. The van der Waals surface area contributed by atoms with Crippen molar-refractivity contribution in [2.24, 2.45) is 0 Å². The standard InChI is InChI=1S/C15H7N3O3/c19-7-8-1-2-12-9(5-8)13(20)14-17-11-3-4-16-6-10(11)15(21)18(12)14/h1-7H. The number of ketones is 1. The van der Waals surface area contributed by atoms with Crippen LogP contribution in [0.4, 0.5) is 0 Å². The van der Waals surface area contributed by atoms with Crippen LogP contribution in [0.2, 0.25) is 0 Å². The first-order chi connectivity index (χ1) is 10.2. The fourth-order valence-corrected chi connectivity index (χ4v) is 2.53. The average molecular weight is 277 g/mol. The molecule has 3 heterocycles. The number of fused-ring (bicyclic) bond motifs is 4. The van der Waals surface area contributed by atoms with Gasteiger partial charge in [-0.2, -0.15) is 0 Å². The van der Waals surface area contributed by atoms with Gasteiger partial charge >= 0.3 is 0 Å². The molecule has 0 N–H and O–H groups in total. The summed E-state index contributed by atoms with van der Waals surface area (Å²) in [5.74, 6) is -0.290. The van der Waals surface area contributed by atoms with Gasteiger partial charge in [-0.15, -0.1) is 0 Å². The van der Waals surface area contributed by atoms with E-state index in [2.05, 4.69) is 9.97 Å². The molecule has 1 aliphatic heterocycles. The second-order valence-electron chi connectivity index (χ2n) is 4.69. The van der Waals surface area contributed by atoms with Gasteiger partial charge in [0.25, 0.3) is 5.56 Å². The van der Waals surface area contributed by atoms with Crippen molar-refractivity contribution in [2.75, 3.05) is 0 Å². The van der Waals surface area contributed by atoms with Gasteiger partial charge in [0.05, 0.1) is 22.2 Å². The first-order valence-corrected chi connectivity index (χ1v) is 6.22. The van der Waals surface area contributed by atoms with E-state index in [0.717, 1.165) is 0 Å². The molecule has 100 valence electrons. The zero-order chi connectivity index (χ0) is 14.6. The molecule has 0 saturated heterocycles. The Morgan fingerprint density at radius 2 is 2.00 bits per heavy atom. The third-order valence-corrected chi connectivity index (χ3v) is 3.52. The Balaban J connectivity index is 2.15. The summed E-state index contributed by atoms with van der Waals surface area (Å²) in [5.41, 5.74) is 1.23. The van der Waals surface area contributed by atoms with Crippen LogP contribution in [0.5, 0.6) is 0 Å². The zero-order valence-electron chi connectivity index (χ0n) is 10.6. The van der Waals surface area contributed by atoms with Gasteiger partial charge in [0.2, 0.25) is 5.78 Å². The molecule has 3 aromatic rings. The van der Waals surface area contributed by atoms with Crippen LogP contribution in [-0.2, 0) is 0 Å². The van der Waals surface area contributed by atoms with Gasteiger partial charge in [0, 0.05) is 18.0 Å². The van der Waals surface area contributed by atoms with E-state index in [1.54, 1.807) is 18.2 Å². The number of carbonyl (C=O) groups excluding carboxylic acids is 2. The maximum absolute atomic E-state index is 12.5. The van der Waals surface area contributed by atoms with Crippen molar-refractivity contribution in [2.45, 2.75) is 0 Å². The molecule has 6 nitrogen and oxygen atoms in total. The molecule has 4 rings (SSSR count). The van der Waals surface area contributed by atoms with E-state index in [9.17, 15) is 14.4 Å². The maximum atomic E-state index is 12.5. The average Bonchev–Trinajstić information content (AvgIpc) is 2.80. The minimum Gasteiger partial charge on any atom is -0.298 e. The summed E-state index contributed by atoms with van der Waals surface area (Å²) >= 11 is 0. The highest BCUT2D eigenvalue weighted by Gasteiger charge is 2.30. The van der Waals surface area contributed by atoms with E-state index in [1.807, 2.05) is 0 Å². The highest BCUT2D eigenvalue weighted by atomic mass is 16.1. The minimum atomic E-state index is -0.357. The van der Waals surface area contributed by atoms with Crippen molar-refractivity contribution in [1.82, 2.24) is 14.5 Å². The molecule has 0 amide bonds. The topological polar surface area (TPSA) is 81.9 Å². The van der Waals surface area contributed by atoms with Crippen LogP contribution in [0.1, 0.15) is 26.5 Å². The molecule has 0 aliphatic carbocycles. The van der Waals surface area contributed by atoms with E-state index in [0.29, 0.717) is 34.0 Å². The monoisotopic (exact) mass is 277 g/mol. The SMILES string of the molecule is O=Cc1ccc2c(c1)C(=O)c1nc3ccncc3c(=O)n1-2. The molecule has 0 atom stereocenters. The van der Waals surface area contributed by atoms with Crippen LogP contribution in [-0.4, -0.2) is 26.6 Å². The van der Waals surface area contributed by atoms with Crippen LogP contribution >= 0.6 is 0 Å². The summed E-state index contributed by atoms with van der Waals surface area (Å²) in [4.78, 5) is 44.0. The summed E-state index contributed by atoms with van der Waals surface area (Å²) in [7, 11) is 0. The summed E-state index contributed by atoms with van der Waals surface area (Å²) in [6, 6.07) is 6.21. The molecule has 0 unspecified atom stereocenters. The molecule has 0 bridgehead atoms. The summed E-state index contributed by atoms with van der Waals surface area (Å²) < 4.78 is 1.27. The second-order valence-corrected chi connectivity index (χ2v) is 4.69. The molecule has 0 fully saturated rings. The van der Waals surface area contributed by atoms with E-state index in [4.69, 9.17) is 0 Å². The Hall–Kier alpha value is -3.15. The molecule has 6 heteroatoms. The lowest BCUT2D eigenvalue weighted by atomic mass is 10.1. The lowest BCUT2D eigenvalue weighted by molar-refractivity contribution is 0.103. The summed E-state index contributed by atoms with van der Waals surface area (Å²) in [5, 5.41) is 0.348. The maximum Gasteiger partial charge on any atom is 0.267 e. The van der Waals surface area contributed by atoms with E-state index < -0.39 is 0 Å². The van der Waals surface area contributed by atoms with Gasteiger partial charge in [-0.3, -0.25) is 23.9 Å². The van der Waals surface area contributed by atoms with Crippen molar-refractivity contribution in [3.05, 3.63) is 64.0 Å². The Labute approximate surface area is 117 Å². The Bertz CT molecular complexity index is 1000. The summed E-state index contributed by atoms with van der Waals surface area (Å²) in [6.07, 6.45) is 3.61. The normalized spacial score (nSPS) is 12.3. The highest BCUT2D eigenvalue weighted by Crippen LogP contribution is 2.26. The molecular formula is C15H7N3O3. The molecule has 0 spiro atoms. The smallest absolute Gasteiger partial charge is 0.267 e. The van der Waals surface area contributed by atoms with Crippen LogP contribution in [0.15, 0.2) is 41.5 Å². The van der Waals surface area contributed by atoms with Crippen molar-refractivity contribution in [3.63, 3.8) is 0 Å². The fraction of sp³-hybridized carbons (Fsp3) is 0. The van der Waals surface area contributed by atoms with Crippen LogP contribution in [0.25, 0.3) is 16.6 Å². The number of carbonyl (C=O) groups is 2. The number of aldehydes is 1. The molecule has 0 saturated carbocycles. The van der Waals surface area contributed by atoms with Crippen molar-refractivity contribution < 1.29 is 9.59 Å². The van der Waals surface area contributed by atoms with E-state index in [1.165, 1.54) is 23.0 Å². The molecule has 1 aliphatic rings. The number of nitrogens with zero attached hydrogens (tertiary/aromatic N) is 3. The van der Waals surface area contributed by atoms with Crippen molar-refractivity contribution in [1.29, 1.82) is 0 Å². The largest absolute Gasteiger partial charge is 0.298 e. The molecule has 0 radical (unpaired) electrons. The van der Waals surface area contributed by atoms with E-state index in [-0.39, 0.29) is 17.2 Å². The number of hydrogen-bond acceptors (Lipinski definition) is 5. The van der Waals surface area contributed by atoms with Gasteiger partial charge in [-0.05, 0) is 24.3 Å². The highest BCUT2D eigenvalue weighted by molar-refractivity contribution is 6.13. The number of pyridine rings is 1. The Morgan fingerprint density at radius 1 is 1.14 bits per heavy atom. The zero-order valence-corrected chi connectivity index (χ0v) is 10.6. The predicted molar refractivity (Wildman–Crippen MR) is 74.0 cm³/mol. The molecular weight excluding hydrogens is 270 g/mol. The van der Waals surface area contributed by atoms with Crippen LogP contribution < -0.4 is 5.56 Å². The predicted octanol–water partition coefficient (Wildman–Crippen LogP) is 1.14. The van der Waals surface area contributed by atoms with Gasteiger partial charge in [-0.25, -0.2) is 4.98 Å². The molecule has 2 aromatic heterocycles. The number of hydrogen-bond donors (Lipinski definition) is 0. The molecule has 1 aromatic carbocycles. The van der Waals surface area contributed by atoms with Crippen LogP contribution in [0, 0.1) is 0 Å². The van der Waals surface area contributed by atoms with Gasteiger partial charge in [-0.1, -0.05) is 0 Å². The Kier molecular flexibility index (Phi) is 2.18. The lowest BCUT2D eigenvalue weighted by Gasteiger charge is -2.04. The van der Waals surface area contributed by atoms with Gasteiger partial charge in [0.1, 0.15) is 6.29 Å². The molecule has 21 heavy (non-hydrogen) atoms. The third-order valence-electron chi connectivity index (χ3n) is 3.52. The lowest BCUT2D eigenvalue weighted by Crippen LogP contribution is -2.21. The van der Waals surface area contributed by atoms with Gasteiger partial charge < -0.3 is 0 Å². The first-order valence-electron chi connectivity index (χ1n) is 6.22. The van der Waals surface area contributed by atoms with Crippen molar-refractivity contribution >= 4 is 23.0 Å². The number of aromatic nitrogens is 3. The summed E-state index contributed by atoms with van der Waals surface area (Å²) in [6.45, 7) is 0. The van der Waals surface area contributed by atoms with E-state index >= 15 is 0 Å². The number of benzene rings is 1.